The van der Waals surface area contributed by atoms with E-state index in [4.69, 9.17) is 4.74 Å². The highest BCUT2D eigenvalue weighted by molar-refractivity contribution is 7.16. The van der Waals surface area contributed by atoms with Crippen molar-refractivity contribution in [3.8, 4) is 0 Å². The maximum absolute atomic E-state index is 12.9. The molecule has 2 aliphatic heterocycles. The van der Waals surface area contributed by atoms with E-state index >= 15 is 0 Å². The first-order valence-corrected chi connectivity index (χ1v) is 12.0. The van der Waals surface area contributed by atoms with Gasteiger partial charge in [-0.25, -0.2) is 4.79 Å². The maximum Gasteiger partial charge on any atom is 0.411 e. The van der Waals surface area contributed by atoms with E-state index in [1.54, 1.807) is 9.80 Å². The van der Waals surface area contributed by atoms with Crippen molar-refractivity contribution < 1.29 is 19.1 Å². The highest BCUT2D eigenvalue weighted by Gasteiger charge is 2.45. The number of nitrogens with zero attached hydrogens (tertiary/aromatic N) is 3. The lowest BCUT2D eigenvalue weighted by molar-refractivity contribution is -0.136. The van der Waals surface area contributed by atoms with E-state index < -0.39 is 5.60 Å². The molecule has 2 saturated heterocycles. The van der Waals surface area contributed by atoms with Crippen LogP contribution in [0.15, 0.2) is 30.3 Å². The van der Waals surface area contributed by atoms with E-state index in [1.807, 2.05) is 56.0 Å². The smallest absolute Gasteiger partial charge is 0.411 e. The summed E-state index contributed by atoms with van der Waals surface area (Å²) in [4.78, 5) is 43.3. The van der Waals surface area contributed by atoms with Gasteiger partial charge in [-0.3, -0.25) is 19.4 Å². The Bertz CT molecular complexity index is 814. The Kier molecular flexibility index (Phi) is 8.12. The first-order valence-electron chi connectivity index (χ1n) is 11.2. The van der Waals surface area contributed by atoms with Crippen LogP contribution in [0.2, 0.25) is 0 Å². The normalized spacial score (nSPS) is 21.8. The monoisotopic (exact) mass is 462 g/mol. The van der Waals surface area contributed by atoms with Crippen LogP contribution in [0.4, 0.5) is 4.79 Å². The standard InChI is InChI=1S/C23H35N4O4P/c1-23(2,3)31-22(30)27-16-26-14-21(29)25(12-10-18(26)19(27)15-32)13-20(28)24-11-9-17-7-5-4-6-8-17/h4-8,18-19H,9-16,32H2,1-3H3,(H,24,28)/t18-,19?/m0/s1. The zero-order valence-electron chi connectivity index (χ0n) is 19.3. The number of ether oxygens (including phenoxy) is 1. The third kappa shape index (κ3) is 6.42. The second kappa shape index (κ2) is 10.6. The van der Waals surface area contributed by atoms with Crippen LogP contribution in [-0.4, -0.2) is 89.3 Å². The summed E-state index contributed by atoms with van der Waals surface area (Å²) in [5, 5.41) is 2.91. The fourth-order valence-corrected chi connectivity index (χ4v) is 4.84. The van der Waals surface area contributed by atoms with Crippen LogP contribution in [-0.2, 0) is 20.7 Å². The number of hydrogen-bond acceptors (Lipinski definition) is 5. The highest BCUT2D eigenvalue weighted by Crippen LogP contribution is 2.28. The van der Waals surface area contributed by atoms with Gasteiger partial charge in [-0.15, -0.1) is 9.24 Å². The molecule has 3 rings (SSSR count). The predicted octanol–water partition coefficient (Wildman–Crippen LogP) is 1.70. The van der Waals surface area contributed by atoms with Gasteiger partial charge in [-0.05, 0) is 45.3 Å². The second-order valence-electron chi connectivity index (χ2n) is 9.40. The SMILES string of the molecule is CC(C)(C)OC(=O)N1CN2CC(=O)N(CC(=O)NCCc3ccccc3)CC[C@H]2C1CP. The third-order valence-corrected chi connectivity index (χ3v) is 6.30. The van der Waals surface area contributed by atoms with Crippen LogP contribution in [0.3, 0.4) is 0 Å². The molecule has 1 N–H and O–H groups in total. The Morgan fingerprint density at radius 1 is 1.22 bits per heavy atom. The summed E-state index contributed by atoms with van der Waals surface area (Å²) in [5.41, 5.74) is 0.598. The Hall–Kier alpha value is -2.18. The Morgan fingerprint density at radius 3 is 2.59 bits per heavy atom. The molecule has 0 aromatic heterocycles. The summed E-state index contributed by atoms with van der Waals surface area (Å²) >= 11 is 0. The van der Waals surface area contributed by atoms with Crippen molar-refractivity contribution in [3.63, 3.8) is 0 Å². The van der Waals surface area contributed by atoms with Gasteiger partial charge in [0.2, 0.25) is 11.8 Å². The Morgan fingerprint density at radius 2 is 1.94 bits per heavy atom. The molecule has 0 bridgehead atoms. The molecule has 9 heteroatoms. The van der Waals surface area contributed by atoms with Crippen LogP contribution in [0.1, 0.15) is 32.8 Å². The number of nitrogens with one attached hydrogen (secondary N) is 1. The zero-order chi connectivity index (χ0) is 23.3. The van der Waals surface area contributed by atoms with Crippen LogP contribution >= 0.6 is 9.24 Å². The molecule has 2 unspecified atom stereocenters. The number of benzene rings is 1. The lowest BCUT2D eigenvalue weighted by Crippen LogP contribution is -2.45. The summed E-state index contributed by atoms with van der Waals surface area (Å²) in [5.74, 6) is -0.228. The van der Waals surface area contributed by atoms with Crippen LogP contribution in [0.25, 0.3) is 0 Å². The van der Waals surface area contributed by atoms with E-state index in [-0.39, 0.29) is 43.1 Å². The number of carbonyl (C=O) groups is 3. The number of fused-ring (bicyclic) bond motifs is 1. The quantitative estimate of drug-likeness (QED) is 0.651. The molecule has 0 aliphatic carbocycles. The van der Waals surface area contributed by atoms with E-state index in [2.05, 4.69) is 14.6 Å². The molecule has 0 spiro atoms. The molecule has 1 aromatic rings. The second-order valence-corrected chi connectivity index (χ2v) is 9.87. The molecule has 3 amide bonds. The van der Waals surface area contributed by atoms with E-state index in [1.165, 1.54) is 0 Å². The molecule has 176 valence electrons. The summed E-state index contributed by atoms with van der Waals surface area (Å²) < 4.78 is 5.56. The molecule has 1 aromatic carbocycles. The average Bonchev–Trinajstić information content (AvgIpc) is 3.00. The van der Waals surface area contributed by atoms with Gasteiger partial charge in [-0.2, -0.15) is 0 Å². The van der Waals surface area contributed by atoms with Gasteiger partial charge < -0.3 is 15.0 Å². The molecule has 3 atom stereocenters. The van der Waals surface area contributed by atoms with Gasteiger partial charge in [0.1, 0.15) is 5.60 Å². The minimum atomic E-state index is -0.566. The van der Waals surface area contributed by atoms with Gasteiger partial charge in [0, 0.05) is 19.1 Å². The van der Waals surface area contributed by atoms with Gasteiger partial charge >= 0.3 is 6.09 Å². The highest BCUT2D eigenvalue weighted by atomic mass is 31.0. The summed E-state index contributed by atoms with van der Waals surface area (Å²) in [7, 11) is 2.71. The van der Waals surface area contributed by atoms with Gasteiger partial charge in [-0.1, -0.05) is 30.3 Å². The van der Waals surface area contributed by atoms with Crippen LogP contribution < -0.4 is 5.32 Å². The number of amides is 3. The average molecular weight is 463 g/mol. The first kappa shape index (κ1) is 24.5. The van der Waals surface area contributed by atoms with Crippen LogP contribution in [0, 0.1) is 0 Å². The van der Waals surface area contributed by atoms with Crippen molar-refractivity contribution in [1.29, 1.82) is 0 Å². The van der Waals surface area contributed by atoms with Crippen molar-refractivity contribution in [2.24, 2.45) is 0 Å². The molecule has 0 saturated carbocycles. The molecule has 2 fully saturated rings. The lowest BCUT2D eigenvalue weighted by Gasteiger charge is -2.29. The van der Waals surface area contributed by atoms with Gasteiger partial charge in [0.15, 0.2) is 0 Å². The van der Waals surface area contributed by atoms with Crippen molar-refractivity contribution in [2.45, 2.75) is 51.3 Å². The Labute approximate surface area is 192 Å². The fraction of sp³-hybridized carbons (Fsp3) is 0.609. The Balaban J connectivity index is 1.53. The molecule has 0 radical (unpaired) electrons. The fourth-order valence-electron chi connectivity index (χ4n) is 4.27. The minimum absolute atomic E-state index is 0.0395. The minimum Gasteiger partial charge on any atom is -0.444 e. The summed E-state index contributed by atoms with van der Waals surface area (Å²) in [6.07, 6.45) is 1.82. The number of carbonyl (C=O) groups excluding carboxylic acids is 3. The zero-order valence-corrected chi connectivity index (χ0v) is 20.4. The first-order chi connectivity index (χ1) is 15.2. The predicted molar refractivity (Wildman–Crippen MR) is 126 cm³/mol. The maximum atomic E-state index is 12.9. The van der Waals surface area contributed by atoms with Crippen molar-refractivity contribution in [2.75, 3.05) is 39.0 Å². The van der Waals surface area contributed by atoms with E-state index in [0.29, 0.717) is 32.3 Å². The third-order valence-electron chi connectivity index (χ3n) is 5.82. The molecule has 2 aliphatic rings. The van der Waals surface area contributed by atoms with Crippen LogP contribution in [0.5, 0.6) is 0 Å². The molecule has 2 heterocycles. The largest absolute Gasteiger partial charge is 0.444 e. The van der Waals surface area contributed by atoms with E-state index in [9.17, 15) is 14.4 Å². The van der Waals surface area contributed by atoms with Crippen molar-refractivity contribution in [1.82, 2.24) is 20.0 Å². The molecule has 8 nitrogen and oxygen atoms in total. The lowest BCUT2D eigenvalue weighted by atomic mass is 10.1. The molecule has 32 heavy (non-hydrogen) atoms. The summed E-state index contributed by atoms with van der Waals surface area (Å²) in [6, 6.07) is 10.0. The number of hydrogen-bond donors (Lipinski definition) is 1. The topological polar surface area (TPSA) is 82.2 Å². The van der Waals surface area contributed by atoms with E-state index in [0.717, 1.165) is 12.0 Å². The van der Waals surface area contributed by atoms with Crippen molar-refractivity contribution in [3.05, 3.63) is 35.9 Å². The van der Waals surface area contributed by atoms with Gasteiger partial charge in [0.05, 0.1) is 25.8 Å². The van der Waals surface area contributed by atoms with Gasteiger partial charge in [0.25, 0.3) is 0 Å². The van der Waals surface area contributed by atoms with Crippen molar-refractivity contribution >= 4 is 27.1 Å². The summed E-state index contributed by atoms with van der Waals surface area (Å²) in [6.45, 7) is 7.21. The number of rotatable bonds is 6. The molecular weight excluding hydrogens is 427 g/mol. The molecular formula is C23H35N4O4P.